The number of carbonyl (C=O) groups is 2. The summed E-state index contributed by atoms with van der Waals surface area (Å²) in [4.78, 5) is 44.2. The second-order valence-corrected chi connectivity index (χ2v) is 25.6. The van der Waals surface area contributed by atoms with E-state index in [-0.39, 0.29) is 22.6 Å². The fourth-order valence-corrected chi connectivity index (χ4v) is 18.5. The van der Waals surface area contributed by atoms with Crippen LogP contribution in [0.4, 0.5) is 0 Å². The van der Waals surface area contributed by atoms with E-state index in [0.29, 0.717) is 17.7 Å². The predicted molar refractivity (Wildman–Crippen MR) is 303 cm³/mol. The Balaban J connectivity index is 1.26. The minimum Gasteiger partial charge on any atom is -0.274 e. The maximum Gasteiger partial charge on any atom is 0.263 e. The van der Waals surface area contributed by atoms with Gasteiger partial charge in [0, 0.05) is 56.4 Å². The quantitative estimate of drug-likeness (QED) is 0.0328. The summed E-state index contributed by atoms with van der Waals surface area (Å²) in [6.45, 7) is 20.4. The number of hydrogen-bond donors (Lipinski definition) is 0. The van der Waals surface area contributed by atoms with Gasteiger partial charge in [0.15, 0.2) is 0 Å². The molecule has 2 amide bonds. The molecule has 3 nitrogen and oxygen atoms in total. The molecule has 0 saturated heterocycles. The monoisotopic (exact) mass is 1010 g/mol. The van der Waals surface area contributed by atoms with Gasteiger partial charge < -0.3 is 0 Å². The fourth-order valence-electron chi connectivity index (χ4n) is 12.0. The standard InChI is InChI=1S/C60H79NO2S5/c1-8-15-20-25-26-31-36-61-57(62)49-50(58(61)63)56(48-40-46-54(67-48)52-44(38-42(14-7)65-52)60(46,34-29-23-18-11-4)35-30-24-19-12-5)68-55(49)47-39-45-53(66-47)51-43(37-41(13-6)64-51)59(45,32-27-21-16-9-2)33-28-22-17-10-3/h13-14,37-40H,6-12,15-36H2,1-5H3. The summed E-state index contributed by atoms with van der Waals surface area (Å²) < 4.78 is 0. The lowest BCUT2D eigenvalue weighted by Gasteiger charge is -2.31. The molecule has 0 atom stereocenters. The molecular formula is C60H79NO2S5. The number of thiophene rings is 5. The molecule has 6 heterocycles. The average molecular weight is 1010 g/mol. The molecule has 0 saturated carbocycles. The fraction of sp³-hybridized carbons (Fsp3) is 0.567. The van der Waals surface area contributed by atoms with Gasteiger partial charge in [-0.05, 0) is 78.6 Å². The van der Waals surface area contributed by atoms with Gasteiger partial charge in [0.1, 0.15) is 0 Å². The minimum atomic E-state index is -0.0813. The Bertz CT molecular complexity index is 2350. The Labute approximate surface area is 430 Å². The number of imide groups is 1. The highest BCUT2D eigenvalue weighted by atomic mass is 32.1. The Kier molecular flexibility index (Phi) is 17.8. The number of rotatable bonds is 31. The van der Waals surface area contributed by atoms with Gasteiger partial charge in [0.25, 0.3) is 11.8 Å². The van der Waals surface area contributed by atoms with Gasteiger partial charge in [-0.25, -0.2) is 0 Å². The van der Waals surface area contributed by atoms with E-state index in [4.69, 9.17) is 0 Å². The molecule has 3 aliphatic rings. The van der Waals surface area contributed by atoms with Crippen LogP contribution in [0.1, 0.15) is 254 Å². The summed E-state index contributed by atoms with van der Waals surface area (Å²) in [5.41, 5.74) is 7.23. The number of nitrogens with zero attached hydrogens (tertiary/aromatic N) is 1. The van der Waals surface area contributed by atoms with Crippen LogP contribution in [-0.4, -0.2) is 23.3 Å². The number of carbonyl (C=O) groups excluding carboxylic acids is 2. The van der Waals surface area contributed by atoms with Crippen LogP contribution in [0.3, 0.4) is 0 Å². The minimum absolute atomic E-state index is 0.0413. The largest absolute Gasteiger partial charge is 0.274 e. The van der Waals surface area contributed by atoms with Gasteiger partial charge in [0.05, 0.1) is 20.9 Å². The van der Waals surface area contributed by atoms with Crippen molar-refractivity contribution in [1.29, 1.82) is 0 Å². The van der Waals surface area contributed by atoms with Crippen LogP contribution in [0.15, 0.2) is 37.4 Å². The normalized spacial score (nSPS) is 15.0. The number of hydrogen-bond acceptors (Lipinski definition) is 7. The first kappa shape index (κ1) is 51.5. The van der Waals surface area contributed by atoms with Gasteiger partial charge in [-0.2, -0.15) is 0 Å². The van der Waals surface area contributed by atoms with Gasteiger partial charge in [-0.1, -0.05) is 195 Å². The van der Waals surface area contributed by atoms with E-state index in [1.54, 1.807) is 16.2 Å². The van der Waals surface area contributed by atoms with E-state index >= 15 is 9.59 Å². The van der Waals surface area contributed by atoms with Crippen molar-refractivity contribution in [2.45, 2.75) is 212 Å². The van der Waals surface area contributed by atoms with Gasteiger partial charge in [-0.15, -0.1) is 56.7 Å². The third-order valence-corrected chi connectivity index (χ3v) is 22.1. The molecule has 2 aliphatic carbocycles. The molecule has 68 heavy (non-hydrogen) atoms. The summed E-state index contributed by atoms with van der Waals surface area (Å²) in [6, 6.07) is 9.93. The first-order chi connectivity index (χ1) is 33.2. The number of fused-ring (bicyclic) bond motifs is 7. The highest BCUT2D eigenvalue weighted by molar-refractivity contribution is 7.30. The second-order valence-electron chi connectivity index (χ2n) is 20.3. The van der Waals surface area contributed by atoms with Crippen molar-refractivity contribution in [2.75, 3.05) is 6.54 Å². The van der Waals surface area contributed by atoms with Gasteiger partial charge >= 0.3 is 0 Å². The molecule has 0 unspecified atom stereocenters. The first-order valence-corrected chi connectivity index (χ1v) is 31.2. The smallest absolute Gasteiger partial charge is 0.263 e. The second kappa shape index (κ2) is 23.6. The first-order valence-electron chi connectivity index (χ1n) is 27.1. The Morgan fingerprint density at radius 3 is 1.10 bits per heavy atom. The maximum atomic E-state index is 15.0. The van der Waals surface area contributed by atoms with Gasteiger partial charge in [-0.3, -0.25) is 14.5 Å². The van der Waals surface area contributed by atoms with Crippen molar-refractivity contribution in [3.8, 4) is 39.0 Å². The van der Waals surface area contributed by atoms with Crippen molar-refractivity contribution in [3.63, 3.8) is 0 Å². The molecule has 0 aromatic carbocycles. The van der Waals surface area contributed by atoms with Crippen LogP contribution < -0.4 is 0 Å². The van der Waals surface area contributed by atoms with E-state index in [1.165, 1.54) is 174 Å². The molecule has 1 aliphatic heterocycles. The Morgan fingerprint density at radius 2 is 0.735 bits per heavy atom. The van der Waals surface area contributed by atoms with E-state index in [2.05, 4.69) is 72.0 Å². The zero-order valence-corrected chi connectivity index (χ0v) is 46.4. The van der Waals surface area contributed by atoms with E-state index in [0.717, 1.165) is 64.5 Å². The molecular weight excluding hydrogens is 927 g/mol. The Hall–Kier alpha value is -2.88. The van der Waals surface area contributed by atoms with E-state index in [9.17, 15) is 0 Å². The van der Waals surface area contributed by atoms with Gasteiger partial charge in [0.2, 0.25) is 0 Å². The van der Waals surface area contributed by atoms with Crippen LogP contribution >= 0.6 is 56.7 Å². The summed E-state index contributed by atoms with van der Waals surface area (Å²) in [7, 11) is 0. The van der Waals surface area contributed by atoms with Crippen LogP contribution in [0.2, 0.25) is 0 Å². The summed E-state index contributed by atoms with van der Waals surface area (Å²) in [5, 5.41) is 0. The van der Waals surface area contributed by atoms with Crippen molar-refractivity contribution in [3.05, 3.63) is 80.6 Å². The predicted octanol–water partition coefficient (Wildman–Crippen LogP) is 21.0. The lowest BCUT2D eigenvalue weighted by Crippen LogP contribution is -2.31. The molecule has 0 fully saturated rings. The molecule has 366 valence electrons. The van der Waals surface area contributed by atoms with Crippen molar-refractivity contribution in [2.24, 2.45) is 0 Å². The molecule has 5 aromatic rings. The summed E-state index contributed by atoms with van der Waals surface area (Å²) >= 11 is 9.30. The summed E-state index contributed by atoms with van der Waals surface area (Å²) in [6.07, 6.45) is 35.3. The highest BCUT2D eigenvalue weighted by Gasteiger charge is 2.49. The van der Waals surface area contributed by atoms with Crippen molar-refractivity contribution < 1.29 is 9.59 Å². The molecule has 8 heteroatoms. The number of unbranched alkanes of at least 4 members (excludes halogenated alkanes) is 17. The Morgan fingerprint density at radius 1 is 0.412 bits per heavy atom. The lowest BCUT2D eigenvalue weighted by molar-refractivity contribution is 0.0652. The molecule has 0 bridgehead atoms. The van der Waals surface area contributed by atoms with Crippen LogP contribution in [0.25, 0.3) is 51.2 Å². The van der Waals surface area contributed by atoms with E-state index in [1.807, 2.05) is 57.5 Å². The van der Waals surface area contributed by atoms with Crippen LogP contribution in [0.5, 0.6) is 0 Å². The van der Waals surface area contributed by atoms with Crippen LogP contribution in [-0.2, 0) is 10.8 Å². The number of amides is 2. The molecule has 5 aromatic heterocycles. The third-order valence-electron chi connectivity index (χ3n) is 15.7. The lowest BCUT2D eigenvalue weighted by atomic mass is 9.71. The molecule has 0 radical (unpaired) electrons. The molecule has 8 rings (SSSR count). The highest BCUT2D eigenvalue weighted by Crippen LogP contribution is 2.64. The third kappa shape index (κ3) is 9.87. The molecule has 0 N–H and O–H groups in total. The van der Waals surface area contributed by atoms with Crippen LogP contribution in [0, 0.1) is 0 Å². The summed E-state index contributed by atoms with van der Waals surface area (Å²) in [5.74, 6) is -0.163. The average Bonchev–Trinajstić information content (AvgIpc) is 4.22. The van der Waals surface area contributed by atoms with Crippen molar-refractivity contribution >= 4 is 80.7 Å². The SMILES string of the molecule is C=Cc1cc2c(s1)-c1sc(-c3sc(-c4cc5c(s4)-c4sc(C=C)cc4C5(CCCCCC)CCCCCC)c4c3C(=O)N(CCCCCCCC)C4=O)cc1C2(CCCCCC)CCCCCC. The van der Waals surface area contributed by atoms with E-state index < -0.39 is 0 Å². The topological polar surface area (TPSA) is 37.4 Å². The van der Waals surface area contributed by atoms with Crippen molar-refractivity contribution in [1.82, 2.24) is 4.90 Å². The zero-order chi connectivity index (χ0) is 47.8. The zero-order valence-electron chi connectivity index (χ0n) is 42.3. The molecule has 0 spiro atoms. The maximum absolute atomic E-state index is 15.0.